The molecule has 17 heavy (non-hydrogen) atoms. The number of Topliss-reactive ketones (excluding diaryl/α,β-unsaturated/α-hetero) is 1. The van der Waals surface area contributed by atoms with Gasteiger partial charge in [0.2, 0.25) is 0 Å². The maximum absolute atomic E-state index is 12.5. The molecule has 1 heteroatoms. The molecule has 1 aliphatic carbocycles. The second kappa shape index (κ2) is 5.31. The lowest BCUT2D eigenvalue weighted by molar-refractivity contribution is 0.0905. The summed E-state index contributed by atoms with van der Waals surface area (Å²) in [6.45, 7) is 6.31. The van der Waals surface area contributed by atoms with E-state index in [1.807, 2.05) is 30.3 Å². The molecule has 0 amide bonds. The average Bonchev–Trinajstić information content (AvgIpc) is 2.51. The molecule has 1 aromatic carbocycles. The molecular formula is C16H20O. The summed E-state index contributed by atoms with van der Waals surface area (Å²) in [4.78, 5) is 12.5. The fourth-order valence-electron chi connectivity index (χ4n) is 2.77. The Kier molecular flexibility index (Phi) is 3.78. The van der Waals surface area contributed by atoms with Gasteiger partial charge >= 0.3 is 0 Å². The van der Waals surface area contributed by atoms with Crippen LogP contribution in [0.3, 0.4) is 0 Å². The Hall–Kier alpha value is -1.37. The molecule has 0 N–H and O–H groups in total. The predicted molar refractivity (Wildman–Crippen MR) is 71.0 cm³/mol. The van der Waals surface area contributed by atoms with E-state index in [2.05, 4.69) is 13.5 Å². The van der Waals surface area contributed by atoms with Crippen LogP contribution in [0, 0.1) is 11.8 Å². The van der Waals surface area contributed by atoms with Crippen molar-refractivity contribution in [3.05, 3.63) is 48.0 Å². The van der Waals surface area contributed by atoms with E-state index in [0.29, 0.717) is 5.92 Å². The molecule has 0 aromatic heterocycles. The minimum Gasteiger partial charge on any atom is -0.293 e. The SMILES string of the molecule is C=C1CCCC[C@H](C)[C@@H]1C(=O)c1ccccc1. The predicted octanol–water partition coefficient (Wildman–Crippen LogP) is 4.25. The molecule has 90 valence electrons. The van der Waals surface area contributed by atoms with Crippen molar-refractivity contribution in [3.8, 4) is 0 Å². The smallest absolute Gasteiger partial charge is 0.170 e. The largest absolute Gasteiger partial charge is 0.293 e. The van der Waals surface area contributed by atoms with Crippen molar-refractivity contribution in [2.75, 3.05) is 0 Å². The Balaban J connectivity index is 2.25. The number of allylic oxidation sites excluding steroid dienone is 1. The number of hydrogen-bond acceptors (Lipinski definition) is 1. The minimum absolute atomic E-state index is 0.0277. The van der Waals surface area contributed by atoms with Crippen LogP contribution in [0.5, 0.6) is 0 Å². The maximum atomic E-state index is 12.5. The summed E-state index contributed by atoms with van der Waals surface area (Å²) in [7, 11) is 0. The first-order valence-corrected chi connectivity index (χ1v) is 6.47. The van der Waals surface area contributed by atoms with E-state index >= 15 is 0 Å². The molecule has 1 fully saturated rings. The fraction of sp³-hybridized carbons (Fsp3) is 0.438. The highest BCUT2D eigenvalue weighted by Crippen LogP contribution is 2.34. The quantitative estimate of drug-likeness (QED) is 0.420. The van der Waals surface area contributed by atoms with Crippen LogP contribution < -0.4 is 0 Å². The van der Waals surface area contributed by atoms with E-state index < -0.39 is 0 Å². The van der Waals surface area contributed by atoms with Crippen molar-refractivity contribution in [3.63, 3.8) is 0 Å². The van der Waals surface area contributed by atoms with E-state index in [0.717, 1.165) is 24.0 Å². The lowest BCUT2D eigenvalue weighted by atomic mass is 9.81. The summed E-state index contributed by atoms with van der Waals surface area (Å²) in [5.74, 6) is 0.711. The highest BCUT2D eigenvalue weighted by molar-refractivity contribution is 5.99. The van der Waals surface area contributed by atoms with E-state index in [4.69, 9.17) is 0 Å². The highest BCUT2D eigenvalue weighted by atomic mass is 16.1. The van der Waals surface area contributed by atoms with Crippen LogP contribution in [0.2, 0.25) is 0 Å². The molecule has 0 bridgehead atoms. The van der Waals surface area contributed by atoms with E-state index in [1.165, 1.54) is 12.8 Å². The van der Waals surface area contributed by atoms with Gasteiger partial charge in [0.15, 0.2) is 5.78 Å². The Morgan fingerprint density at radius 2 is 1.94 bits per heavy atom. The first-order valence-electron chi connectivity index (χ1n) is 6.47. The van der Waals surface area contributed by atoms with E-state index in [1.54, 1.807) is 0 Å². The van der Waals surface area contributed by atoms with Gasteiger partial charge in [0.1, 0.15) is 0 Å². The van der Waals surface area contributed by atoms with Gasteiger partial charge in [0.05, 0.1) is 0 Å². The Bertz CT molecular complexity index is 405. The monoisotopic (exact) mass is 228 g/mol. The van der Waals surface area contributed by atoms with Crippen molar-refractivity contribution < 1.29 is 4.79 Å². The number of rotatable bonds is 2. The Morgan fingerprint density at radius 3 is 2.65 bits per heavy atom. The molecule has 1 aliphatic rings. The van der Waals surface area contributed by atoms with Gasteiger partial charge in [0.25, 0.3) is 0 Å². The summed E-state index contributed by atoms with van der Waals surface area (Å²) in [6.07, 6.45) is 4.55. The fourth-order valence-corrected chi connectivity index (χ4v) is 2.77. The summed E-state index contributed by atoms with van der Waals surface area (Å²) in [5.41, 5.74) is 1.95. The lowest BCUT2D eigenvalue weighted by Crippen LogP contribution is -2.22. The van der Waals surface area contributed by atoms with Crippen molar-refractivity contribution in [2.24, 2.45) is 11.8 Å². The normalized spacial score (nSPS) is 25.4. The summed E-state index contributed by atoms with van der Waals surface area (Å²) >= 11 is 0. The van der Waals surface area contributed by atoms with Gasteiger partial charge in [-0.3, -0.25) is 4.79 Å². The summed E-state index contributed by atoms with van der Waals surface area (Å²) < 4.78 is 0. The van der Waals surface area contributed by atoms with Crippen molar-refractivity contribution >= 4 is 5.78 Å². The molecule has 0 radical (unpaired) electrons. The molecule has 2 rings (SSSR count). The van der Waals surface area contributed by atoms with E-state index in [-0.39, 0.29) is 11.7 Å². The molecule has 2 atom stereocenters. The van der Waals surface area contributed by atoms with Gasteiger partial charge in [-0.2, -0.15) is 0 Å². The molecule has 0 spiro atoms. The standard InChI is InChI=1S/C16H20O/c1-12-8-6-7-9-13(2)15(12)16(17)14-10-4-3-5-11-14/h3-5,10-11,13,15H,1,6-9H2,2H3/t13-,15+/m0/s1. The molecule has 0 saturated heterocycles. The first-order chi connectivity index (χ1) is 8.20. The van der Waals surface area contributed by atoms with Gasteiger partial charge in [-0.05, 0) is 25.2 Å². The number of benzene rings is 1. The van der Waals surface area contributed by atoms with Crippen molar-refractivity contribution in [1.29, 1.82) is 0 Å². The molecule has 1 aromatic rings. The topological polar surface area (TPSA) is 17.1 Å². The average molecular weight is 228 g/mol. The molecule has 0 heterocycles. The Labute approximate surface area is 104 Å². The van der Waals surface area contributed by atoms with Crippen LogP contribution >= 0.6 is 0 Å². The van der Waals surface area contributed by atoms with Crippen molar-refractivity contribution in [1.82, 2.24) is 0 Å². The second-order valence-corrected chi connectivity index (χ2v) is 5.09. The van der Waals surface area contributed by atoms with Crippen LogP contribution in [0.1, 0.15) is 43.0 Å². The van der Waals surface area contributed by atoms with Gasteiger partial charge in [-0.25, -0.2) is 0 Å². The number of carbonyl (C=O) groups excluding carboxylic acids is 1. The summed E-state index contributed by atoms with van der Waals surface area (Å²) in [5, 5.41) is 0. The number of ketones is 1. The van der Waals surface area contributed by atoms with Crippen LogP contribution in [0.25, 0.3) is 0 Å². The van der Waals surface area contributed by atoms with Gasteiger partial charge in [-0.1, -0.05) is 55.8 Å². The molecule has 1 saturated carbocycles. The second-order valence-electron chi connectivity index (χ2n) is 5.09. The highest BCUT2D eigenvalue weighted by Gasteiger charge is 2.29. The lowest BCUT2D eigenvalue weighted by Gasteiger charge is -2.22. The molecule has 1 nitrogen and oxygen atoms in total. The third kappa shape index (κ3) is 2.66. The molecule has 0 unspecified atom stereocenters. The zero-order chi connectivity index (χ0) is 12.3. The third-order valence-electron chi connectivity index (χ3n) is 3.76. The Morgan fingerprint density at radius 1 is 1.24 bits per heavy atom. The number of carbonyl (C=O) groups is 1. The molecule has 0 aliphatic heterocycles. The first kappa shape index (κ1) is 12.1. The number of hydrogen-bond donors (Lipinski definition) is 0. The van der Waals surface area contributed by atoms with E-state index in [9.17, 15) is 4.79 Å². The van der Waals surface area contributed by atoms with Crippen LogP contribution in [-0.4, -0.2) is 5.78 Å². The minimum atomic E-state index is 0.0277. The van der Waals surface area contributed by atoms with Crippen molar-refractivity contribution in [2.45, 2.75) is 32.6 Å². The van der Waals surface area contributed by atoms with Gasteiger partial charge in [0, 0.05) is 11.5 Å². The van der Waals surface area contributed by atoms with Crippen LogP contribution in [-0.2, 0) is 0 Å². The van der Waals surface area contributed by atoms with Crippen LogP contribution in [0.15, 0.2) is 42.5 Å². The molecular weight excluding hydrogens is 208 g/mol. The zero-order valence-corrected chi connectivity index (χ0v) is 10.5. The van der Waals surface area contributed by atoms with Gasteiger partial charge in [-0.15, -0.1) is 0 Å². The zero-order valence-electron chi connectivity index (χ0n) is 10.5. The van der Waals surface area contributed by atoms with Gasteiger partial charge < -0.3 is 0 Å². The third-order valence-corrected chi connectivity index (χ3v) is 3.76. The summed E-state index contributed by atoms with van der Waals surface area (Å²) in [6, 6.07) is 9.62. The van der Waals surface area contributed by atoms with Crippen LogP contribution in [0.4, 0.5) is 0 Å². The maximum Gasteiger partial charge on any atom is 0.170 e.